The van der Waals surface area contributed by atoms with Crippen LogP contribution in [0.5, 0.6) is 5.75 Å². The number of nitrogens with zero attached hydrogens (tertiary/aromatic N) is 2. The number of nitrogens with two attached hydrogens (primary N) is 1. The van der Waals surface area contributed by atoms with Crippen LogP contribution in [0.25, 0.3) is 11.0 Å². The summed E-state index contributed by atoms with van der Waals surface area (Å²) in [6, 6.07) is 24.6. The van der Waals surface area contributed by atoms with Crippen molar-refractivity contribution in [2.75, 3.05) is 13.7 Å². The first kappa shape index (κ1) is 30.2. The first-order chi connectivity index (χ1) is 20.9. The van der Waals surface area contributed by atoms with Crippen LogP contribution in [0.3, 0.4) is 0 Å². The van der Waals surface area contributed by atoms with E-state index in [1.54, 1.807) is 31.4 Å². The summed E-state index contributed by atoms with van der Waals surface area (Å²) in [4.78, 5) is 21.6. The third-order valence-corrected chi connectivity index (χ3v) is 8.47. The molecule has 1 aliphatic rings. The molecular formula is C35H42N4O4. The second kappa shape index (κ2) is 13.8. The number of piperidine rings is 1. The minimum atomic E-state index is -0.859. The molecular weight excluding hydrogens is 540 g/mol. The van der Waals surface area contributed by atoms with Gasteiger partial charge in [0.15, 0.2) is 6.04 Å². The van der Waals surface area contributed by atoms with Crippen LogP contribution in [0.2, 0.25) is 0 Å². The van der Waals surface area contributed by atoms with Crippen molar-refractivity contribution in [2.24, 2.45) is 5.73 Å². The zero-order valence-electron chi connectivity index (χ0n) is 25.3. The molecule has 0 amide bonds. The molecule has 3 N–H and O–H groups in total. The molecule has 4 aromatic rings. The fourth-order valence-corrected chi connectivity index (χ4v) is 6.18. The summed E-state index contributed by atoms with van der Waals surface area (Å²) in [6.07, 6.45) is 6.89. The molecule has 1 fully saturated rings. The van der Waals surface area contributed by atoms with Gasteiger partial charge in [-0.3, -0.25) is 10.3 Å². The van der Waals surface area contributed by atoms with E-state index in [9.17, 15) is 4.79 Å². The van der Waals surface area contributed by atoms with E-state index < -0.39 is 18.0 Å². The number of nitrogens with one attached hydrogen (secondary N) is 1. The number of benzene rings is 3. The molecule has 3 atom stereocenters. The minimum Gasteiger partial charge on any atom is -0.496 e. The van der Waals surface area contributed by atoms with Gasteiger partial charge in [0.2, 0.25) is 5.96 Å². The number of aryl methyl sites for hydroxylation is 1. The van der Waals surface area contributed by atoms with Gasteiger partial charge in [0.05, 0.1) is 12.7 Å². The van der Waals surface area contributed by atoms with Crippen molar-refractivity contribution in [3.05, 3.63) is 101 Å². The molecule has 1 aliphatic heterocycles. The number of fused-ring (bicyclic) bond motifs is 1. The fourth-order valence-electron chi connectivity index (χ4n) is 6.18. The number of guanidine groups is 1. The molecule has 3 aromatic carbocycles. The van der Waals surface area contributed by atoms with Crippen LogP contribution in [0.4, 0.5) is 0 Å². The normalized spacial score (nSPS) is 17.8. The van der Waals surface area contributed by atoms with E-state index in [-0.39, 0.29) is 0 Å². The number of rotatable bonds is 10. The van der Waals surface area contributed by atoms with Crippen LogP contribution in [-0.2, 0) is 11.3 Å². The molecule has 8 heteroatoms. The second-order valence-electron chi connectivity index (χ2n) is 11.4. The molecule has 1 saturated heterocycles. The zero-order valence-corrected chi connectivity index (χ0v) is 25.3. The van der Waals surface area contributed by atoms with Gasteiger partial charge < -0.3 is 19.7 Å². The highest BCUT2D eigenvalue weighted by molar-refractivity contribution is 5.90. The van der Waals surface area contributed by atoms with Crippen molar-refractivity contribution in [1.29, 1.82) is 5.41 Å². The lowest BCUT2D eigenvalue weighted by molar-refractivity contribution is -0.0791. The monoisotopic (exact) mass is 582 g/mol. The Hall–Kier alpha value is -4.30. The average molecular weight is 583 g/mol. The van der Waals surface area contributed by atoms with Crippen LogP contribution in [0, 0.1) is 5.41 Å². The summed E-state index contributed by atoms with van der Waals surface area (Å²) in [5.41, 5.74) is 8.93. The number of hydroxylamine groups is 2. The third-order valence-electron chi connectivity index (χ3n) is 8.47. The highest BCUT2D eigenvalue weighted by Crippen LogP contribution is 2.38. The maximum Gasteiger partial charge on any atom is 0.363 e. The predicted octanol–water partition coefficient (Wildman–Crippen LogP) is 7.08. The number of carbonyl (C=O) groups is 1. The number of para-hydroxylation sites is 1. The smallest absolute Gasteiger partial charge is 0.363 e. The Morgan fingerprint density at radius 1 is 1.02 bits per heavy atom. The van der Waals surface area contributed by atoms with Gasteiger partial charge >= 0.3 is 5.97 Å². The minimum absolute atomic E-state index is 0.343. The number of methoxy groups -OCH3 is 1. The van der Waals surface area contributed by atoms with Gasteiger partial charge in [-0.05, 0) is 94.5 Å². The summed E-state index contributed by atoms with van der Waals surface area (Å²) in [5.74, 6) is -0.0202. The van der Waals surface area contributed by atoms with Crippen molar-refractivity contribution in [3.63, 3.8) is 0 Å². The Morgan fingerprint density at radius 2 is 1.74 bits per heavy atom. The molecule has 0 saturated carbocycles. The Kier molecular flexibility index (Phi) is 9.67. The number of carbonyl (C=O) groups excluding carboxylic acids is 1. The number of hydrogen-bond donors (Lipinski definition) is 2. The second-order valence-corrected chi connectivity index (χ2v) is 11.4. The Morgan fingerprint density at radius 3 is 2.44 bits per heavy atom. The number of hydrogen-bond acceptors (Lipinski definition) is 6. The highest BCUT2D eigenvalue weighted by Gasteiger charge is 2.34. The van der Waals surface area contributed by atoms with E-state index in [1.807, 2.05) is 42.5 Å². The van der Waals surface area contributed by atoms with Crippen molar-refractivity contribution in [3.8, 4) is 5.75 Å². The van der Waals surface area contributed by atoms with E-state index in [1.165, 1.54) is 19.3 Å². The van der Waals surface area contributed by atoms with E-state index in [4.69, 9.17) is 25.1 Å². The van der Waals surface area contributed by atoms with Gasteiger partial charge in [-0.1, -0.05) is 48.9 Å². The molecule has 1 aromatic heterocycles. The Bertz CT molecular complexity index is 1490. The molecule has 0 spiro atoms. The van der Waals surface area contributed by atoms with Crippen LogP contribution in [-0.4, -0.2) is 47.6 Å². The number of unbranched alkanes of at least 4 members (excludes halogenated alkanes) is 1. The summed E-state index contributed by atoms with van der Waals surface area (Å²) in [5, 5.41) is 10.4. The highest BCUT2D eigenvalue weighted by atomic mass is 16.7. The first-order valence-electron chi connectivity index (χ1n) is 15.2. The largest absolute Gasteiger partial charge is 0.496 e. The summed E-state index contributed by atoms with van der Waals surface area (Å²) in [7, 11) is 1.60. The Labute approximate surface area is 253 Å². The van der Waals surface area contributed by atoms with Crippen molar-refractivity contribution in [1.82, 2.24) is 9.96 Å². The lowest BCUT2D eigenvalue weighted by atomic mass is 9.96. The molecule has 3 unspecified atom stereocenters. The molecule has 43 heavy (non-hydrogen) atoms. The van der Waals surface area contributed by atoms with E-state index >= 15 is 0 Å². The first-order valence-corrected chi connectivity index (χ1v) is 15.2. The summed E-state index contributed by atoms with van der Waals surface area (Å²) in [6.45, 7) is 5.78. The van der Waals surface area contributed by atoms with E-state index in [2.05, 4.69) is 30.9 Å². The fraction of sp³-hybridized carbons (Fsp3) is 0.371. The van der Waals surface area contributed by atoms with Gasteiger partial charge in [-0.25, -0.2) is 4.79 Å². The lowest BCUT2D eigenvalue weighted by Gasteiger charge is -2.39. The average Bonchev–Trinajstić information content (AvgIpc) is 3.44. The molecule has 5 rings (SSSR count). The number of likely N-dealkylation sites (tertiary alicyclic amines) is 1. The zero-order chi connectivity index (χ0) is 30.3. The molecule has 0 radical (unpaired) electrons. The maximum absolute atomic E-state index is 13.2. The predicted molar refractivity (Wildman–Crippen MR) is 169 cm³/mol. The molecule has 0 bridgehead atoms. The summed E-state index contributed by atoms with van der Waals surface area (Å²) >= 11 is 0. The third kappa shape index (κ3) is 7.03. The van der Waals surface area contributed by atoms with Gasteiger partial charge in [0.25, 0.3) is 0 Å². The van der Waals surface area contributed by atoms with Crippen LogP contribution in [0.15, 0.2) is 83.3 Å². The SMILES string of the molecule is COc1ccc(CCCCN2C(C)CCCC2C)cc1C(c1cc2ccccc2o1)N(OC(=O)c1ccccc1)C(=N)N. The van der Waals surface area contributed by atoms with Crippen molar-refractivity contribution < 1.29 is 18.8 Å². The van der Waals surface area contributed by atoms with Crippen LogP contribution in [0.1, 0.15) is 79.2 Å². The van der Waals surface area contributed by atoms with Crippen LogP contribution >= 0.6 is 0 Å². The molecule has 2 heterocycles. The maximum atomic E-state index is 13.2. The number of ether oxygens (including phenoxy) is 1. The molecule has 0 aliphatic carbocycles. The quantitative estimate of drug-likeness (QED) is 0.0891. The Balaban J connectivity index is 1.45. The van der Waals surface area contributed by atoms with Gasteiger partial charge in [-0.15, -0.1) is 0 Å². The van der Waals surface area contributed by atoms with E-state index in [0.717, 1.165) is 41.8 Å². The van der Waals surface area contributed by atoms with Crippen LogP contribution < -0.4 is 10.5 Å². The van der Waals surface area contributed by atoms with Crippen molar-refractivity contribution in [2.45, 2.75) is 70.5 Å². The molecule has 8 nitrogen and oxygen atoms in total. The van der Waals surface area contributed by atoms with Crippen molar-refractivity contribution >= 4 is 22.9 Å². The van der Waals surface area contributed by atoms with E-state index in [0.29, 0.717) is 40.3 Å². The van der Waals surface area contributed by atoms with Gasteiger partial charge in [-0.2, -0.15) is 5.06 Å². The molecule has 226 valence electrons. The standard InChI is InChI=1S/C35H42N4O4/c1-24-12-11-13-25(2)38(24)21-10-9-14-26-19-20-31(41-3)29(22-26)33(32-23-28-17-7-8-18-30(28)42-32)39(35(36)37)43-34(40)27-15-5-4-6-16-27/h4-8,15-20,22-25,33H,9-14,21H2,1-3H3,(H3,36,37). The number of furan rings is 1. The lowest BCUT2D eigenvalue weighted by Crippen LogP contribution is -2.44. The summed E-state index contributed by atoms with van der Waals surface area (Å²) < 4.78 is 12.1. The van der Waals surface area contributed by atoms with Gasteiger partial charge in [0, 0.05) is 23.0 Å². The van der Waals surface area contributed by atoms with Gasteiger partial charge in [0.1, 0.15) is 17.1 Å². The topological polar surface area (TPSA) is 105 Å².